The van der Waals surface area contributed by atoms with E-state index in [1.807, 2.05) is 62.3 Å². The Morgan fingerprint density at radius 2 is 1.68 bits per heavy atom. The number of nitrogens with one attached hydrogen (secondary N) is 1. The first-order valence-corrected chi connectivity index (χ1v) is 22.6. The Morgan fingerprint density at radius 3 is 2.08 bits per heavy atom. The van der Waals surface area contributed by atoms with Crippen molar-refractivity contribution in [2.45, 2.75) is 106 Å². The summed E-state index contributed by atoms with van der Waals surface area (Å²) in [6.45, 7) is 20.9. The zero-order valence-corrected chi connectivity index (χ0v) is 30.5. The van der Waals surface area contributed by atoms with E-state index in [-0.39, 0.29) is 42.2 Å². The fourth-order valence-electron chi connectivity index (χ4n) is 4.02. The summed E-state index contributed by atoms with van der Waals surface area (Å²) in [6, 6.07) is -0.413. The van der Waals surface area contributed by atoms with Gasteiger partial charge in [0.15, 0.2) is 0 Å². The third kappa shape index (κ3) is 16.2. The van der Waals surface area contributed by atoms with Gasteiger partial charge in [0.25, 0.3) is 0 Å². The summed E-state index contributed by atoms with van der Waals surface area (Å²) in [5.74, 6) is 0.00186. The molecule has 0 bridgehead atoms. The summed E-state index contributed by atoms with van der Waals surface area (Å²) >= 11 is 4.74. The first kappa shape index (κ1) is 40.0. The number of likely N-dealkylation sites (N-methyl/N-ethyl adjacent to an activating group) is 4. The van der Waals surface area contributed by atoms with Gasteiger partial charge in [0, 0.05) is 39.1 Å². The molecule has 0 unspecified atom stereocenters. The molecule has 0 aromatic rings. The molecule has 1 fully saturated rings. The molecule has 0 aromatic heterocycles. The first-order chi connectivity index (χ1) is 17.8. The van der Waals surface area contributed by atoms with Gasteiger partial charge in [-0.1, -0.05) is 20.8 Å². The molecule has 1 saturated heterocycles. The molecule has 38 heavy (non-hydrogen) atoms. The van der Waals surface area contributed by atoms with Crippen molar-refractivity contribution in [1.29, 1.82) is 0 Å². The SMILES string of the molecule is CCN[C@@H](CC)C(=O)N(CC)CCC(=O)OC(C)(C)C.CC[C@H]1C(=O)N(CC)CCC(=O)N1CC.[I][V][I]. The number of hydrogen-bond donors (Lipinski definition) is 1. The van der Waals surface area contributed by atoms with Gasteiger partial charge in [-0.05, 0) is 60.9 Å². The van der Waals surface area contributed by atoms with Crippen LogP contribution < -0.4 is 5.32 Å². The number of hydrogen-bond acceptors (Lipinski definition) is 6. The second-order valence-corrected chi connectivity index (χ2v) is 21.4. The van der Waals surface area contributed by atoms with Gasteiger partial charge in [-0.2, -0.15) is 0 Å². The van der Waals surface area contributed by atoms with Crippen LogP contribution in [0.1, 0.15) is 88.0 Å². The Balaban J connectivity index is 0. The normalized spacial score (nSPS) is 16.3. The molecule has 0 aliphatic carbocycles. The molecule has 1 aliphatic rings. The van der Waals surface area contributed by atoms with E-state index in [1.165, 1.54) is 0 Å². The number of carbonyl (C=O) groups excluding carboxylic acids is 4. The number of nitrogens with zero attached hydrogens (tertiary/aromatic N) is 3. The summed E-state index contributed by atoms with van der Waals surface area (Å²) in [6.07, 6.45) is 2.15. The fraction of sp³-hybridized carbons (Fsp3) is 0.846. The molecule has 3 amide bonds. The van der Waals surface area contributed by atoms with Crippen LogP contribution in [0.15, 0.2) is 0 Å². The molecule has 2 atom stereocenters. The zero-order valence-electron chi connectivity index (χ0n) is 24.8. The van der Waals surface area contributed by atoms with Crippen LogP contribution in [0.25, 0.3) is 0 Å². The van der Waals surface area contributed by atoms with Crippen molar-refractivity contribution in [3.8, 4) is 0 Å². The standard InChI is InChI=1S/C15H30N2O3.C11H20N2O2.2HI.V/c1-7-12(16-8-2)14(19)17(9-3)11-10-13(18)20-15(4,5)6;1-4-9-11(15)12(5-2)8-7-10(14)13(9)6-3;;;/h12,16H,7-11H2,1-6H3;9H,4-8H2,1-3H3;2*1H;/q;;;;+2/p-2/t12-;9-;;;/m00.../s1. The molecular weight excluding hydrogens is 753 g/mol. The van der Waals surface area contributed by atoms with Crippen LogP contribution >= 0.6 is 40.0 Å². The predicted octanol–water partition coefficient (Wildman–Crippen LogP) is 4.59. The predicted molar refractivity (Wildman–Crippen MR) is 167 cm³/mol. The number of carbonyl (C=O) groups is 4. The minimum atomic E-state index is -0.478. The Morgan fingerprint density at radius 1 is 1.11 bits per heavy atom. The summed E-state index contributed by atoms with van der Waals surface area (Å²) in [7, 11) is 0.628. The fourth-order valence-corrected chi connectivity index (χ4v) is 4.02. The van der Waals surface area contributed by atoms with Crippen molar-refractivity contribution < 1.29 is 33.4 Å². The van der Waals surface area contributed by atoms with Crippen LogP contribution in [0.2, 0.25) is 0 Å². The van der Waals surface area contributed by atoms with Gasteiger partial charge in [-0.15, -0.1) is 0 Å². The number of rotatable bonds is 11. The summed E-state index contributed by atoms with van der Waals surface area (Å²) in [5, 5.41) is 3.17. The molecule has 1 heterocycles. The van der Waals surface area contributed by atoms with Gasteiger partial charge in [0.2, 0.25) is 17.7 Å². The maximum absolute atomic E-state index is 12.3. The molecule has 0 saturated carbocycles. The monoisotopic (exact) mass is 803 g/mol. The summed E-state index contributed by atoms with van der Waals surface area (Å²) in [4.78, 5) is 53.0. The van der Waals surface area contributed by atoms with Crippen LogP contribution in [-0.4, -0.2) is 95.3 Å². The molecular formula is C26H50I2N4O5V. The van der Waals surface area contributed by atoms with E-state index in [0.717, 1.165) is 13.0 Å². The van der Waals surface area contributed by atoms with Crippen LogP contribution in [0.3, 0.4) is 0 Å². The van der Waals surface area contributed by atoms with Gasteiger partial charge >= 0.3 is 55.4 Å². The van der Waals surface area contributed by atoms with Crippen molar-refractivity contribution in [1.82, 2.24) is 20.0 Å². The van der Waals surface area contributed by atoms with Crippen LogP contribution in [0.4, 0.5) is 0 Å². The van der Waals surface area contributed by atoms with Crippen molar-refractivity contribution in [3.05, 3.63) is 0 Å². The molecule has 0 radical (unpaired) electrons. The Labute approximate surface area is 260 Å². The van der Waals surface area contributed by atoms with E-state index >= 15 is 0 Å². The topological polar surface area (TPSA) is 99.3 Å². The summed E-state index contributed by atoms with van der Waals surface area (Å²) in [5.41, 5.74) is -0.478. The number of amides is 3. The van der Waals surface area contributed by atoms with Gasteiger partial charge in [-0.3, -0.25) is 19.2 Å². The quantitative estimate of drug-likeness (QED) is 0.243. The van der Waals surface area contributed by atoms with Crippen molar-refractivity contribution in [3.63, 3.8) is 0 Å². The molecule has 223 valence electrons. The zero-order chi connectivity index (χ0) is 29.9. The molecule has 0 spiro atoms. The average molecular weight is 803 g/mol. The second-order valence-electron chi connectivity index (χ2n) is 9.61. The van der Waals surface area contributed by atoms with Gasteiger partial charge in [-0.25, -0.2) is 0 Å². The first-order valence-electron chi connectivity index (χ1n) is 13.6. The molecule has 9 nitrogen and oxygen atoms in total. The average Bonchev–Trinajstić information content (AvgIpc) is 2.97. The van der Waals surface area contributed by atoms with E-state index in [4.69, 9.17) is 4.74 Å². The van der Waals surface area contributed by atoms with Crippen LogP contribution in [-0.2, 0) is 33.4 Å². The molecule has 1 aliphatic heterocycles. The Bertz CT molecular complexity index is 710. The van der Waals surface area contributed by atoms with Crippen LogP contribution in [0.5, 0.6) is 0 Å². The van der Waals surface area contributed by atoms with E-state index in [2.05, 4.69) is 45.3 Å². The van der Waals surface area contributed by atoms with Crippen molar-refractivity contribution >= 4 is 63.6 Å². The maximum atomic E-state index is 12.3. The second kappa shape index (κ2) is 22.6. The van der Waals surface area contributed by atoms with Crippen molar-refractivity contribution in [2.24, 2.45) is 0 Å². The molecule has 0 aromatic carbocycles. The van der Waals surface area contributed by atoms with Gasteiger partial charge < -0.3 is 24.8 Å². The van der Waals surface area contributed by atoms with Gasteiger partial charge in [0.1, 0.15) is 11.6 Å². The van der Waals surface area contributed by atoms with Gasteiger partial charge in [0.05, 0.1) is 12.5 Å². The Hall–Kier alpha value is -0.116. The molecule has 1 rings (SSSR count). The number of esters is 1. The molecule has 1 N–H and O–H groups in total. The molecule has 12 heteroatoms. The number of ether oxygens (including phenoxy) is 1. The van der Waals surface area contributed by atoms with Crippen molar-refractivity contribution in [2.75, 3.05) is 39.3 Å². The minimum absolute atomic E-state index is 0.0559. The van der Waals surface area contributed by atoms with E-state index in [0.29, 0.717) is 55.0 Å². The van der Waals surface area contributed by atoms with Crippen LogP contribution in [0, 0.1) is 0 Å². The van der Waals surface area contributed by atoms with E-state index in [1.54, 1.807) is 14.7 Å². The summed E-state index contributed by atoms with van der Waals surface area (Å²) < 4.78 is 5.25. The number of halogens is 2. The third-order valence-electron chi connectivity index (χ3n) is 5.85. The van der Waals surface area contributed by atoms with E-state index < -0.39 is 5.60 Å². The van der Waals surface area contributed by atoms with E-state index in [9.17, 15) is 19.2 Å². The third-order valence-corrected chi connectivity index (χ3v) is 5.85. The Kier molecular flexibility index (Phi) is 23.8.